The number of aryl methyl sites for hydroxylation is 6. The molecule has 0 aliphatic rings. The fourth-order valence-corrected chi connectivity index (χ4v) is 14.0. The van der Waals surface area contributed by atoms with Crippen LogP contribution in [0.5, 0.6) is 0 Å². The molecular formula is C84H111FeN12. The van der Waals surface area contributed by atoms with Crippen LogP contribution in [0.1, 0.15) is 213 Å². The average molecular weight is 1340 g/mol. The zero-order chi connectivity index (χ0) is 69.5. The first kappa shape index (κ1) is 77.2. The first-order valence-electron chi connectivity index (χ1n) is 36.5. The van der Waals surface area contributed by atoms with Crippen LogP contribution in [0.3, 0.4) is 0 Å². The van der Waals surface area contributed by atoms with Crippen molar-refractivity contribution in [3.05, 3.63) is 164 Å². The maximum absolute atomic E-state index is 8.58. The minimum absolute atomic E-state index is 1.03. The van der Waals surface area contributed by atoms with Gasteiger partial charge in [-0.1, -0.05) is 266 Å². The standard InChI is InChI=1S/3C26H37N2.6CN.Fe/c3*1-3-4-5-6-7-8-9-10-11-17-22-28-25-21-16-15-20-24(25)27(2)26(28)23-18-13-12-14-19-23;6*1-2;/h3*12-16,18-21H,3-11,17,22H2,1-2H3;;;;;;;/q3*+1;;;;;;;-3. The maximum atomic E-state index is 8.58. The molecule has 515 valence electrons. The molecule has 0 radical (unpaired) electrons. The molecule has 0 fully saturated rings. The fraction of sp³-hybridized carbons (Fsp3) is 0.464. The van der Waals surface area contributed by atoms with Crippen molar-refractivity contribution < 1.29 is 24.4 Å². The van der Waals surface area contributed by atoms with E-state index in [1.54, 1.807) is 0 Å². The van der Waals surface area contributed by atoms with Crippen LogP contribution in [0, 0.1) is 61.4 Å². The second-order valence-corrected chi connectivity index (χ2v) is 31.6. The van der Waals surface area contributed by atoms with E-state index in [9.17, 15) is 0 Å². The second-order valence-electron chi connectivity index (χ2n) is 26.0. The van der Waals surface area contributed by atoms with E-state index in [1.807, 2.05) is 0 Å². The van der Waals surface area contributed by atoms with E-state index in [4.69, 9.17) is 31.6 Å². The number of nitrogens with zero attached hydrogens (tertiary/aromatic N) is 12. The SMILES string of the molecule is CCCCCCCCCCCC[n+]1c(-c2ccccc2)n(C)c2ccccc21.CCCCCCCCCCCC[n+]1c(-c2ccccc2)n(C)c2ccccc21.CCCCCCCCCCCC[n+]1c(-c2ccccc2)n(C)c2ccccc21.N#[C][Fe-3]([C]#N)([C]#N)([C]#N)([C]#N)[C]#N. The Labute approximate surface area is 581 Å². The minimum atomic E-state index is -6.17. The number of fused-ring (bicyclic) bond motifs is 3. The number of benzene rings is 6. The van der Waals surface area contributed by atoms with Crippen molar-refractivity contribution in [3.63, 3.8) is 0 Å². The Hall–Kier alpha value is -8.81. The molecule has 97 heavy (non-hydrogen) atoms. The summed E-state index contributed by atoms with van der Waals surface area (Å²) in [5.41, 5.74) is 11.9. The first-order chi connectivity index (χ1) is 47.5. The Morgan fingerprint density at radius 3 is 0.639 bits per heavy atom. The third-order valence-electron chi connectivity index (χ3n) is 18.8. The summed E-state index contributed by atoms with van der Waals surface area (Å²) in [6, 6.07) is 58.8. The molecule has 6 aromatic carbocycles. The van der Waals surface area contributed by atoms with E-state index in [0.29, 0.717) is 0 Å². The molecule has 3 heterocycles. The van der Waals surface area contributed by atoms with Crippen molar-refractivity contribution in [1.82, 2.24) is 13.7 Å². The van der Waals surface area contributed by atoms with Crippen LogP contribution in [0.15, 0.2) is 164 Å². The fourth-order valence-electron chi connectivity index (χ4n) is 13.2. The normalized spacial score (nSPS) is 11.6. The van der Waals surface area contributed by atoms with Crippen molar-refractivity contribution in [1.29, 1.82) is 31.6 Å². The zero-order valence-corrected chi connectivity index (χ0v) is 60.7. The van der Waals surface area contributed by atoms with Gasteiger partial charge in [0.25, 0.3) is 17.5 Å². The number of imidazole rings is 3. The monoisotopic (exact) mass is 1340 g/mol. The number of hydrogen-bond acceptors (Lipinski definition) is 6. The predicted molar refractivity (Wildman–Crippen MR) is 395 cm³/mol. The van der Waals surface area contributed by atoms with Gasteiger partial charge >= 0.3 is 72.1 Å². The summed E-state index contributed by atoms with van der Waals surface area (Å²) in [6.07, 6.45) is 41.5. The van der Waals surface area contributed by atoms with Crippen molar-refractivity contribution in [2.24, 2.45) is 21.1 Å². The predicted octanol–water partition coefficient (Wildman–Crippen LogP) is 21.3. The molecule has 0 unspecified atom stereocenters. The van der Waals surface area contributed by atoms with Gasteiger partial charge in [-0.15, -0.1) is 0 Å². The zero-order valence-electron chi connectivity index (χ0n) is 59.6. The molecule has 0 saturated carbocycles. The number of unbranched alkanes of at least 4 members (excludes halogenated alkanes) is 27. The van der Waals surface area contributed by atoms with Gasteiger partial charge in [-0.05, 0) is 111 Å². The van der Waals surface area contributed by atoms with Crippen molar-refractivity contribution in [3.8, 4) is 64.0 Å². The van der Waals surface area contributed by atoms with Crippen LogP contribution in [0.25, 0.3) is 67.3 Å². The second kappa shape index (κ2) is 40.7. The number of hydrogen-bond donors (Lipinski definition) is 0. The number of nitriles is 6. The molecule has 0 amide bonds. The molecule has 0 aliphatic carbocycles. The summed E-state index contributed by atoms with van der Waals surface area (Å²) < 4.78 is 14.6. The number of aromatic nitrogens is 6. The molecule has 0 saturated heterocycles. The summed E-state index contributed by atoms with van der Waals surface area (Å²) >= 11 is 0. The third kappa shape index (κ3) is 20.9. The summed E-state index contributed by atoms with van der Waals surface area (Å²) in [5.74, 6) is 3.95. The summed E-state index contributed by atoms with van der Waals surface area (Å²) in [4.78, 5) is 6.19. The molecule has 0 atom stereocenters. The van der Waals surface area contributed by atoms with Gasteiger partial charge in [0.15, 0.2) is 33.1 Å². The Balaban J connectivity index is 0.000000211. The van der Waals surface area contributed by atoms with E-state index in [-0.39, 0.29) is 0 Å². The van der Waals surface area contributed by atoms with Gasteiger partial charge in [0.1, 0.15) is 0 Å². The molecule has 9 rings (SSSR count). The van der Waals surface area contributed by atoms with E-state index < -0.39 is 10.7 Å². The average Bonchev–Trinajstić information content (AvgIpc) is 0.957. The van der Waals surface area contributed by atoms with Crippen LogP contribution < -0.4 is 13.7 Å². The van der Waals surface area contributed by atoms with Crippen LogP contribution in [-0.2, 0) is 51.5 Å². The Bertz CT molecular complexity index is 3610. The van der Waals surface area contributed by atoms with Gasteiger partial charge in [0.2, 0.25) is 0 Å². The quantitative estimate of drug-likeness (QED) is 0.0215. The molecule has 12 nitrogen and oxygen atoms in total. The Morgan fingerprint density at radius 2 is 0.443 bits per heavy atom. The van der Waals surface area contributed by atoms with E-state index in [0.717, 1.165) is 49.4 Å². The Kier molecular flexibility index (Phi) is 32.4. The molecule has 9 aromatic rings. The van der Waals surface area contributed by atoms with Crippen LogP contribution in [-0.4, -0.2) is 13.7 Å². The van der Waals surface area contributed by atoms with Crippen LogP contribution in [0.4, 0.5) is 0 Å². The molecule has 0 N–H and O–H groups in total. The van der Waals surface area contributed by atoms with Gasteiger partial charge in [-0.3, -0.25) is 0 Å². The van der Waals surface area contributed by atoms with E-state index in [2.05, 4.69) is 233 Å². The van der Waals surface area contributed by atoms with Gasteiger partial charge in [0, 0.05) is 0 Å². The summed E-state index contributed by atoms with van der Waals surface area (Å²) in [5, 5.41) is 51.5. The van der Waals surface area contributed by atoms with Gasteiger partial charge in [-0.2, -0.15) is 0 Å². The van der Waals surface area contributed by atoms with E-state index in [1.165, 1.54) is 260 Å². The molecule has 13 heteroatoms. The Morgan fingerprint density at radius 1 is 0.258 bits per heavy atom. The van der Waals surface area contributed by atoms with E-state index >= 15 is 0 Å². The molecule has 3 aromatic heterocycles. The summed E-state index contributed by atoms with van der Waals surface area (Å²) in [6.45, 7) is 10.2. The molecular weight excluding hydrogens is 1230 g/mol. The molecule has 0 bridgehead atoms. The summed E-state index contributed by atoms with van der Waals surface area (Å²) in [7, 11) is 0.416. The molecule has 0 aliphatic heterocycles. The van der Waals surface area contributed by atoms with Crippen molar-refractivity contribution in [2.75, 3.05) is 0 Å². The van der Waals surface area contributed by atoms with Crippen LogP contribution in [0.2, 0.25) is 0 Å². The topological polar surface area (TPSA) is 169 Å². The number of para-hydroxylation sites is 6. The van der Waals surface area contributed by atoms with Gasteiger partial charge < -0.3 is 0 Å². The third-order valence-corrected chi connectivity index (χ3v) is 22.5. The molecule has 0 spiro atoms. The van der Waals surface area contributed by atoms with Crippen LogP contribution >= 0.6 is 0 Å². The van der Waals surface area contributed by atoms with Gasteiger partial charge in [-0.25, -0.2) is 27.4 Å². The van der Waals surface area contributed by atoms with Crippen molar-refractivity contribution in [2.45, 2.75) is 233 Å². The number of rotatable bonds is 36. The van der Waals surface area contributed by atoms with Crippen molar-refractivity contribution >= 4 is 33.1 Å². The first-order valence-corrected chi connectivity index (χ1v) is 39.8. The van der Waals surface area contributed by atoms with Gasteiger partial charge in [0.05, 0.1) is 57.5 Å².